The van der Waals surface area contributed by atoms with Crippen LogP contribution in [0.25, 0.3) is 0 Å². The van der Waals surface area contributed by atoms with Gasteiger partial charge in [0.05, 0.1) is 15.3 Å². The van der Waals surface area contributed by atoms with E-state index >= 15 is 0 Å². The van der Waals surface area contributed by atoms with E-state index in [1.807, 2.05) is 30.3 Å². The second-order valence-electron chi connectivity index (χ2n) is 4.78. The molecule has 0 saturated heterocycles. The van der Waals surface area contributed by atoms with Gasteiger partial charge in [-0.05, 0) is 52.2 Å². The fraction of sp³-hybridized carbons (Fsp3) is 0.250. The average molecular weight is 398 g/mol. The highest BCUT2D eigenvalue weighted by Crippen LogP contribution is 2.22. The van der Waals surface area contributed by atoms with Crippen molar-refractivity contribution in [3.63, 3.8) is 0 Å². The van der Waals surface area contributed by atoms with Crippen molar-refractivity contribution in [3.8, 4) is 5.75 Å². The Morgan fingerprint density at radius 2 is 1.91 bits per heavy atom. The number of benzene rings is 1. The van der Waals surface area contributed by atoms with Crippen LogP contribution in [-0.2, 0) is 11.3 Å². The maximum Gasteiger partial charge on any atom is 0.303 e. The van der Waals surface area contributed by atoms with Crippen molar-refractivity contribution in [1.29, 1.82) is 0 Å². The van der Waals surface area contributed by atoms with E-state index in [0.29, 0.717) is 30.2 Å². The second kappa shape index (κ2) is 8.69. The molecule has 1 aromatic carbocycles. The number of thiophene rings is 1. The Bertz CT molecular complexity index is 669. The van der Waals surface area contributed by atoms with Crippen molar-refractivity contribution in [1.82, 2.24) is 5.32 Å². The number of carboxylic acid groups (broad SMARTS) is 1. The Morgan fingerprint density at radius 1 is 1.17 bits per heavy atom. The normalized spacial score (nSPS) is 10.3. The topological polar surface area (TPSA) is 75.6 Å². The third-order valence-electron chi connectivity index (χ3n) is 2.98. The molecule has 1 aromatic heterocycles. The van der Waals surface area contributed by atoms with Crippen molar-refractivity contribution < 1.29 is 19.4 Å². The highest BCUT2D eigenvalue weighted by molar-refractivity contribution is 9.11. The first-order valence-electron chi connectivity index (χ1n) is 7.01. The highest BCUT2D eigenvalue weighted by Gasteiger charge is 2.08. The number of hydrogen-bond donors (Lipinski definition) is 2. The number of amides is 1. The van der Waals surface area contributed by atoms with Gasteiger partial charge in [0.25, 0.3) is 5.91 Å². The largest absolute Gasteiger partial charge is 0.494 e. The smallest absolute Gasteiger partial charge is 0.303 e. The number of carbonyl (C=O) groups excluding carboxylic acids is 1. The molecule has 7 heteroatoms. The van der Waals surface area contributed by atoms with Crippen molar-refractivity contribution in [2.24, 2.45) is 0 Å². The molecule has 1 heterocycles. The van der Waals surface area contributed by atoms with Crippen LogP contribution in [0.4, 0.5) is 0 Å². The fourth-order valence-electron chi connectivity index (χ4n) is 1.82. The molecule has 5 nitrogen and oxygen atoms in total. The van der Waals surface area contributed by atoms with Crippen molar-refractivity contribution in [2.45, 2.75) is 19.4 Å². The van der Waals surface area contributed by atoms with E-state index in [2.05, 4.69) is 21.2 Å². The van der Waals surface area contributed by atoms with Gasteiger partial charge in [-0.15, -0.1) is 11.3 Å². The van der Waals surface area contributed by atoms with Crippen LogP contribution >= 0.6 is 27.3 Å². The zero-order valence-corrected chi connectivity index (χ0v) is 14.7. The van der Waals surface area contributed by atoms with Gasteiger partial charge in [0.2, 0.25) is 0 Å². The van der Waals surface area contributed by atoms with E-state index in [9.17, 15) is 9.59 Å². The summed E-state index contributed by atoms with van der Waals surface area (Å²) in [6.45, 7) is 0.809. The van der Waals surface area contributed by atoms with Crippen molar-refractivity contribution >= 4 is 39.1 Å². The van der Waals surface area contributed by atoms with Gasteiger partial charge >= 0.3 is 5.97 Å². The minimum atomic E-state index is -0.822. The lowest BCUT2D eigenvalue weighted by Crippen LogP contribution is -2.21. The molecule has 0 spiro atoms. The fourth-order valence-corrected chi connectivity index (χ4v) is 3.13. The summed E-state index contributed by atoms with van der Waals surface area (Å²) in [4.78, 5) is 23.0. The van der Waals surface area contributed by atoms with E-state index in [1.165, 1.54) is 11.3 Å². The summed E-state index contributed by atoms with van der Waals surface area (Å²) in [6, 6.07) is 11.0. The Labute approximate surface area is 146 Å². The van der Waals surface area contributed by atoms with Crippen LogP contribution in [0.2, 0.25) is 0 Å². The van der Waals surface area contributed by atoms with E-state index in [1.54, 1.807) is 6.07 Å². The molecule has 0 bridgehead atoms. The molecule has 0 atom stereocenters. The molecule has 122 valence electrons. The zero-order chi connectivity index (χ0) is 16.7. The molecule has 0 fully saturated rings. The quantitative estimate of drug-likeness (QED) is 0.666. The van der Waals surface area contributed by atoms with Crippen LogP contribution in [-0.4, -0.2) is 23.6 Å². The number of carbonyl (C=O) groups is 2. The van der Waals surface area contributed by atoms with Gasteiger partial charge in [-0.2, -0.15) is 0 Å². The molecule has 0 radical (unpaired) electrons. The van der Waals surface area contributed by atoms with Crippen LogP contribution in [0.1, 0.15) is 28.1 Å². The molecule has 23 heavy (non-hydrogen) atoms. The molecule has 0 aliphatic rings. The second-order valence-corrected chi connectivity index (χ2v) is 7.24. The van der Waals surface area contributed by atoms with Gasteiger partial charge in [-0.3, -0.25) is 9.59 Å². The Morgan fingerprint density at radius 3 is 2.52 bits per heavy atom. The number of hydrogen-bond acceptors (Lipinski definition) is 4. The molecular weight excluding hydrogens is 382 g/mol. The monoisotopic (exact) mass is 397 g/mol. The summed E-state index contributed by atoms with van der Waals surface area (Å²) in [6.07, 6.45) is 0.576. The maximum absolute atomic E-state index is 11.9. The molecule has 0 aliphatic heterocycles. The van der Waals surface area contributed by atoms with Crippen LogP contribution < -0.4 is 10.1 Å². The number of halogens is 1. The van der Waals surface area contributed by atoms with Crippen LogP contribution in [0.3, 0.4) is 0 Å². The van der Waals surface area contributed by atoms with Gasteiger partial charge in [0.15, 0.2) is 0 Å². The molecule has 0 unspecified atom stereocenters. The van der Waals surface area contributed by atoms with Gasteiger partial charge in [-0.1, -0.05) is 12.1 Å². The van der Waals surface area contributed by atoms with E-state index in [4.69, 9.17) is 9.84 Å². The minimum Gasteiger partial charge on any atom is -0.494 e. The summed E-state index contributed by atoms with van der Waals surface area (Å²) < 4.78 is 6.38. The maximum atomic E-state index is 11.9. The van der Waals surface area contributed by atoms with Crippen molar-refractivity contribution in [3.05, 3.63) is 50.6 Å². The molecule has 0 saturated carbocycles. The minimum absolute atomic E-state index is 0.100. The Kier molecular flexibility index (Phi) is 6.61. The highest BCUT2D eigenvalue weighted by atomic mass is 79.9. The number of aliphatic carboxylic acids is 1. The lowest BCUT2D eigenvalue weighted by atomic mass is 10.2. The molecule has 2 aromatic rings. The molecule has 1 amide bonds. The van der Waals surface area contributed by atoms with Gasteiger partial charge in [0.1, 0.15) is 5.75 Å². The predicted molar refractivity (Wildman–Crippen MR) is 92.0 cm³/mol. The number of ether oxygens (including phenoxy) is 1. The average Bonchev–Trinajstić information content (AvgIpc) is 2.97. The van der Waals surface area contributed by atoms with Crippen LogP contribution in [0.15, 0.2) is 40.2 Å². The molecule has 0 aliphatic carbocycles. The first kappa shape index (κ1) is 17.5. The SMILES string of the molecule is O=C(O)CCCOc1ccc(CNC(=O)c2ccc(Br)s2)cc1. The van der Waals surface area contributed by atoms with Gasteiger partial charge in [-0.25, -0.2) is 0 Å². The van der Waals surface area contributed by atoms with Crippen LogP contribution in [0, 0.1) is 0 Å². The van der Waals surface area contributed by atoms with E-state index < -0.39 is 5.97 Å². The number of rotatable bonds is 8. The molecular formula is C16H16BrNO4S. The summed E-state index contributed by atoms with van der Waals surface area (Å²) in [5.41, 5.74) is 0.965. The number of carboxylic acids is 1. The number of nitrogens with one attached hydrogen (secondary N) is 1. The van der Waals surface area contributed by atoms with Gasteiger partial charge in [0, 0.05) is 13.0 Å². The van der Waals surface area contributed by atoms with Crippen molar-refractivity contribution in [2.75, 3.05) is 6.61 Å². The summed E-state index contributed by atoms with van der Waals surface area (Å²) in [5.74, 6) is -0.236. The lowest BCUT2D eigenvalue weighted by molar-refractivity contribution is -0.137. The third-order valence-corrected chi connectivity index (χ3v) is 4.60. The first-order valence-corrected chi connectivity index (χ1v) is 8.62. The summed E-state index contributed by atoms with van der Waals surface area (Å²) >= 11 is 4.72. The van der Waals surface area contributed by atoms with Crippen LogP contribution in [0.5, 0.6) is 5.75 Å². The first-order chi connectivity index (χ1) is 11.0. The third kappa shape index (κ3) is 6.03. The van der Waals surface area contributed by atoms with E-state index in [0.717, 1.165) is 9.35 Å². The molecule has 2 rings (SSSR count). The standard InChI is InChI=1S/C16H16BrNO4S/c17-14-8-7-13(23-14)16(21)18-10-11-3-5-12(6-4-11)22-9-1-2-15(19)20/h3-8H,1-2,9-10H2,(H,18,21)(H,19,20). The Balaban J connectivity index is 1.76. The van der Waals surface area contributed by atoms with Gasteiger partial charge < -0.3 is 15.2 Å². The summed E-state index contributed by atoms with van der Waals surface area (Å²) in [5, 5.41) is 11.4. The summed E-state index contributed by atoms with van der Waals surface area (Å²) in [7, 11) is 0. The zero-order valence-electron chi connectivity index (χ0n) is 12.3. The predicted octanol–water partition coefficient (Wildman–Crippen LogP) is 3.68. The van der Waals surface area contributed by atoms with E-state index in [-0.39, 0.29) is 12.3 Å². The molecule has 2 N–H and O–H groups in total. The Hall–Kier alpha value is -1.86. The lowest BCUT2D eigenvalue weighted by Gasteiger charge is -2.07.